The molecule has 4 rings (SSSR count). The third kappa shape index (κ3) is 4.46. The lowest BCUT2D eigenvalue weighted by molar-refractivity contribution is -0.132. The van der Waals surface area contributed by atoms with Crippen molar-refractivity contribution in [2.24, 2.45) is 5.73 Å². The highest BCUT2D eigenvalue weighted by Crippen LogP contribution is 2.30. The van der Waals surface area contributed by atoms with Crippen LogP contribution in [0.4, 0.5) is 11.6 Å². The summed E-state index contributed by atoms with van der Waals surface area (Å²) in [5.74, 6) is 1.93. The normalized spacial score (nSPS) is 20.0. The van der Waals surface area contributed by atoms with Gasteiger partial charge in [-0.25, -0.2) is 9.97 Å². The van der Waals surface area contributed by atoms with Crippen LogP contribution in [0.3, 0.4) is 0 Å². The number of amides is 1. The summed E-state index contributed by atoms with van der Waals surface area (Å²) in [5, 5.41) is 4.12. The van der Waals surface area contributed by atoms with Crippen LogP contribution in [0.15, 0.2) is 30.6 Å². The molecule has 2 aliphatic heterocycles. The van der Waals surface area contributed by atoms with E-state index in [-0.39, 0.29) is 5.91 Å². The zero-order valence-electron chi connectivity index (χ0n) is 16.6. The number of hydrogen-bond acceptors (Lipinski definition) is 6. The molecule has 1 fully saturated rings. The van der Waals surface area contributed by atoms with E-state index >= 15 is 0 Å². The monoisotopic (exact) mass is 414 g/mol. The van der Waals surface area contributed by atoms with E-state index in [9.17, 15) is 4.79 Å². The molecule has 1 saturated heterocycles. The van der Waals surface area contributed by atoms with Crippen LogP contribution in [0.25, 0.3) is 0 Å². The molecule has 3 N–H and O–H groups in total. The largest absolute Gasteiger partial charge is 0.367 e. The Morgan fingerprint density at radius 1 is 1.24 bits per heavy atom. The summed E-state index contributed by atoms with van der Waals surface area (Å²) in [6.45, 7) is 4.96. The van der Waals surface area contributed by atoms with E-state index in [2.05, 4.69) is 27.1 Å². The lowest BCUT2D eigenvalue weighted by Gasteiger charge is -2.38. The second kappa shape index (κ2) is 8.55. The fourth-order valence-corrected chi connectivity index (χ4v) is 4.16. The standard InChI is InChI=1S/C21H27ClN6O/c1-14-2-7-17-19(26-14)24-13-25-20(17)27-8-10-28(11-9-27)21(29)18(23)12-15-3-5-16(22)6-4-15/h3-6,13-14,18H,2,7-12,23H2,1H3,(H,24,25,26)/t14-,18+/m0/s1. The Hall–Kier alpha value is -2.38. The lowest BCUT2D eigenvalue weighted by Crippen LogP contribution is -2.54. The van der Waals surface area contributed by atoms with Crippen molar-refractivity contribution in [1.29, 1.82) is 0 Å². The molecule has 8 heteroatoms. The zero-order valence-corrected chi connectivity index (χ0v) is 17.4. The van der Waals surface area contributed by atoms with E-state index in [1.54, 1.807) is 6.33 Å². The first-order valence-corrected chi connectivity index (χ1v) is 10.5. The van der Waals surface area contributed by atoms with Gasteiger partial charge in [0.15, 0.2) is 0 Å². The summed E-state index contributed by atoms with van der Waals surface area (Å²) in [4.78, 5) is 25.9. The number of anilines is 2. The number of carbonyl (C=O) groups is 1. The van der Waals surface area contributed by atoms with Gasteiger partial charge in [0.05, 0.1) is 6.04 Å². The van der Waals surface area contributed by atoms with E-state index in [1.165, 1.54) is 5.56 Å². The molecule has 1 amide bonds. The quantitative estimate of drug-likeness (QED) is 0.796. The third-order valence-corrected chi connectivity index (χ3v) is 5.96. The average Bonchev–Trinajstić information content (AvgIpc) is 2.74. The highest BCUT2D eigenvalue weighted by atomic mass is 35.5. The smallest absolute Gasteiger partial charge is 0.239 e. The number of rotatable bonds is 4. The maximum Gasteiger partial charge on any atom is 0.239 e. The topological polar surface area (TPSA) is 87.4 Å². The van der Waals surface area contributed by atoms with Crippen LogP contribution in [-0.4, -0.2) is 59.0 Å². The van der Waals surface area contributed by atoms with Crippen LogP contribution < -0.4 is 16.0 Å². The Morgan fingerprint density at radius 2 is 1.97 bits per heavy atom. The van der Waals surface area contributed by atoms with Crippen LogP contribution in [-0.2, 0) is 17.6 Å². The number of fused-ring (bicyclic) bond motifs is 1. The first kappa shape index (κ1) is 19.9. The van der Waals surface area contributed by atoms with Gasteiger partial charge in [0.2, 0.25) is 5.91 Å². The molecule has 0 bridgehead atoms. The highest BCUT2D eigenvalue weighted by molar-refractivity contribution is 6.30. The van der Waals surface area contributed by atoms with Crippen LogP contribution in [0, 0.1) is 0 Å². The van der Waals surface area contributed by atoms with E-state index in [0.29, 0.717) is 30.6 Å². The predicted octanol–water partition coefficient (Wildman–Crippen LogP) is 2.10. The van der Waals surface area contributed by atoms with Gasteiger partial charge in [-0.05, 0) is 43.9 Å². The molecule has 1 aromatic heterocycles. The number of hydrogen-bond donors (Lipinski definition) is 2. The fraction of sp³-hybridized carbons (Fsp3) is 0.476. The second-order valence-corrected chi connectivity index (χ2v) is 8.29. The van der Waals surface area contributed by atoms with Crippen molar-refractivity contribution in [3.8, 4) is 0 Å². The summed E-state index contributed by atoms with van der Waals surface area (Å²) in [7, 11) is 0. The van der Waals surface area contributed by atoms with Crippen molar-refractivity contribution >= 4 is 29.1 Å². The van der Waals surface area contributed by atoms with Gasteiger partial charge in [0.25, 0.3) is 0 Å². The van der Waals surface area contributed by atoms with Gasteiger partial charge >= 0.3 is 0 Å². The number of aromatic nitrogens is 2. The summed E-state index contributed by atoms with van der Waals surface area (Å²) < 4.78 is 0. The second-order valence-electron chi connectivity index (χ2n) is 7.86. The van der Waals surface area contributed by atoms with Crippen LogP contribution in [0.5, 0.6) is 0 Å². The van der Waals surface area contributed by atoms with Gasteiger partial charge in [-0.1, -0.05) is 23.7 Å². The van der Waals surface area contributed by atoms with Gasteiger partial charge in [0.1, 0.15) is 18.0 Å². The molecule has 0 aliphatic carbocycles. The Bertz CT molecular complexity index is 866. The van der Waals surface area contributed by atoms with Crippen molar-refractivity contribution in [2.75, 3.05) is 36.4 Å². The Morgan fingerprint density at radius 3 is 2.69 bits per heavy atom. The molecule has 2 aliphatic rings. The van der Waals surface area contributed by atoms with Gasteiger partial charge < -0.3 is 20.9 Å². The van der Waals surface area contributed by atoms with Crippen LogP contribution in [0.1, 0.15) is 24.5 Å². The summed E-state index contributed by atoms with van der Waals surface area (Å²) >= 11 is 5.92. The maximum absolute atomic E-state index is 12.8. The molecule has 29 heavy (non-hydrogen) atoms. The van der Waals surface area contributed by atoms with Crippen molar-refractivity contribution < 1.29 is 4.79 Å². The molecule has 0 unspecified atom stereocenters. The number of piperazine rings is 1. The van der Waals surface area contributed by atoms with E-state index in [4.69, 9.17) is 17.3 Å². The van der Waals surface area contributed by atoms with Gasteiger partial charge in [-0.2, -0.15) is 0 Å². The third-order valence-electron chi connectivity index (χ3n) is 5.71. The number of nitrogens with two attached hydrogens (primary N) is 1. The van der Waals surface area contributed by atoms with Crippen LogP contribution >= 0.6 is 11.6 Å². The van der Waals surface area contributed by atoms with Gasteiger partial charge in [-0.15, -0.1) is 0 Å². The van der Waals surface area contributed by atoms with Crippen molar-refractivity contribution in [2.45, 2.75) is 38.3 Å². The molecule has 7 nitrogen and oxygen atoms in total. The number of nitrogens with one attached hydrogen (secondary N) is 1. The molecule has 0 radical (unpaired) electrons. The minimum atomic E-state index is -0.541. The van der Waals surface area contributed by atoms with E-state index in [0.717, 1.165) is 43.1 Å². The van der Waals surface area contributed by atoms with Crippen molar-refractivity contribution in [1.82, 2.24) is 14.9 Å². The minimum absolute atomic E-state index is 0.000178. The maximum atomic E-state index is 12.8. The molecular formula is C21H27ClN6O. The molecule has 0 saturated carbocycles. The number of benzene rings is 1. The van der Waals surface area contributed by atoms with E-state index < -0.39 is 6.04 Å². The average molecular weight is 415 g/mol. The zero-order chi connectivity index (χ0) is 20.4. The Kier molecular flexibility index (Phi) is 5.87. The SMILES string of the molecule is C[C@H]1CCc2c(ncnc2N2CCN(C(=O)[C@H](N)Cc3ccc(Cl)cc3)CC2)N1. The first-order valence-electron chi connectivity index (χ1n) is 10.2. The molecule has 154 valence electrons. The van der Waals surface area contributed by atoms with Crippen molar-refractivity contribution in [3.63, 3.8) is 0 Å². The van der Waals surface area contributed by atoms with Gasteiger partial charge in [0, 0.05) is 42.8 Å². The molecule has 1 aromatic carbocycles. The summed E-state index contributed by atoms with van der Waals surface area (Å²) in [5.41, 5.74) is 8.40. The van der Waals surface area contributed by atoms with E-state index in [1.807, 2.05) is 29.2 Å². The summed E-state index contributed by atoms with van der Waals surface area (Å²) in [6, 6.07) is 7.37. The number of nitrogens with zero attached hydrogens (tertiary/aromatic N) is 4. The van der Waals surface area contributed by atoms with Crippen LogP contribution in [0.2, 0.25) is 5.02 Å². The van der Waals surface area contributed by atoms with Gasteiger partial charge in [-0.3, -0.25) is 4.79 Å². The Balaban J connectivity index is 1.36. The lowest BCUT2D eigenvalue weighted by atomic mass is 10.0. The number of halogens is 1. The molecule has 2 aromatic rings. The minimum Gasteiger partial charge on any atom is -0.367 e. The molecule has 3 heterocycles. The van der Waals surface area contributed by atoms with Crippen molar-refractivity contribution in [3.05, 3.63) is 46.7 Å². The predicted molar refractivity (Wildman–Crippen MR) is 115 cm³/mol. The Labute approximate surface area is 176 Å². The molecule has 0 spiro atoms. The highest BCUT2D eigenvalue weighted by Gasteiger charge is 2.28. The molecule has 2 atom stereocenters. The fourth-order valence-electron chi connectivity index (χ4n) is 4.03. The molecular weight excluding hydrogens is 388 g/mol. The summed E-state index contributed by atoms with van der Waals surface area (Å²) in [6.07, 6.45) is 4.19. The number of carbonyl (C=O) groups excluding carboxylic acids is 1. The first-order chi connectivity index (χ1) is 14.0.